The maximum atomic E-state index is 2.45. The van der Waals surface area contributed by atoms with Crippen LogP contribution >= 0.6 is 0 Å². The lowest BCUT2D eigenvalue weighted by Crippen LogP contribution is -2.23. The van der Waals surface area contributed by atoms with Crippen LogP contribution in [0.3, 0.4) is 0 Å². The Balaban J connectivity index is 1.83. The van der Waals surface area contributed by atoms with Gasteiger partial charge in [0, 0.05) is 0 Å². The molecule has 0 nitrogen and oxygen atoms in total. The van der Waals surface area contributed by atoms with E-state index in [1.165, 1.54) is 28.7 Å². The predicted octanol–water partition coefficient (Wildman–Crippen LogP) is 6.24. The lowest BCUT2D eigenvalue weighted by atomic mass is 9.71. The summed E-state index contributed by atoms with van der Waals surface area (Å²) in [5.74, 6) is 0. The van der Waals surface area contributed by atoms with Crippen molar-refractivity contribution in [3.63, 3.8) is 0 Å². The summed E-state index contributed by atoms with van der Waals surface area (Å²) in [4.78, 5) is 0. The van der Waals surface area contributed by atoms with E-state index < -0.39 is 0 Å². The molecule has 1 aliphatic carbocycles. The lowest BCUT2D eigenvalue weighted by molar-refractivity contribution is 0.433. The fourth-order valence-electron chi connectivity index (χ4n) is 3.36. The summed E-state index contributed by atoms with van der Waals surface area (Å²) in [6.07, 6.45) is 10.2. The molecule has 0 amide bonds. The van der Waals surface area contributed by atoms with Crippen LogP contribution in [0.15, 0.2) is 66.7 Å². The number of hydrogen-bond acceptors (Lipinski definition) is 0. The zero-order valence-electron chi connectivity index (χ0n) is 13.5. The molecule has 1 atom stereocenters. The summed E-state index contributed by atoms with van der Waals surface area (Å²) < 4.78 is 0. The molecule has 2 aromatic rings. The molecule has 0 fully saturated rings. The van der Waals surface area contributed by atoms with Crippen molar-refractivity contribution in [2.75, 3.05) is 0 Å². The molecular formula is C22H24. The molecule has 2 aromatic carbocycles. The van der Waals surface area contributed by atoms with Crippen LogP contribution < -0.4 is 0 Å². The predicted molar refractivity (Wildman–Crippen MR) is 96.8 cm³/mol. The SMILES string of the molecule is C/C=C/c1cccc(C2=CCC(C)(c3ccccc3)CC2)c1. The average Bonchev–Trinajstić information content (AvgIpc) is 2.57. The second kappa shape index (κ2) is 6.36. The van der Waals surface area contributed by atoms with Crippen molar-refractivity contribution in [1.29, 1.82) is 0 Å². The molecule has 0 saturated carbocycles. The monoisotopic (exact) mass is 288 g/mol. The van der Waals surface area contributed by atoms with E-state index >= 15 is 0 Å². The van der Waals surface area contributed by atoms with E-state index in [9.17, 15) is 0 Å². The summed E-state index contributed by atoms with van der Waals surface area (Å²) in [6.45, 7) is 4.46. The van der Waals surface area contributed by atoms with Crippen LogP contribution in [0.25, 0.3) is 11.6 Å². The zero-order valence-corrected chi connectivity index (χ0v) is 13.5. The van der Waals surface area contributed by atoms with E-state index in [0.29, 0.717) is 0 Å². The van der Waals surface area contributed by atoms with Gasteiger partial charge in [0.25, 0.3) is 0 Å². The van der Waals surface area contributed by atoms with Gasteiger partial charge < -0.3 is 0 Å². The highest BCUT2D eigenvalue weighted by atomic mass is 14.3. The molecular weight excluding hydrogens is 264 g/mol. The fourth-order valence-corrected chi connectivity index (χ4v) is 3.36. The third kappa shape index (κ3) is 3.06. The molecule has 0 saturated heterocycles. The van der Waals surface area contributed by atoms with Crippen LogP contribution in [-0.2, 0) is 5.41 Å². The molecule has 112 valence electrons. The molecule has 0 bridgehead atoms. The second-order valence-corrected chi connectivity index (χ2v) is 6.49. The number of benzene rings is 2. The highest BCUT2D eigenvalue weighted by molar-refractivity contribution is 5.69. The Kier molecular flexibility index (Phi) is 4.29. The second-order valence-electron chi connectivity index (χ2n) is 6.49. The van der Waals surface area contributed by atoms with Crippen LogP contribution in [0.5, 0.6) is 0 Å². The van der Waals surface area contributed by atoms with Crippen LogP contribution in [0.1, 0.15) is 49.8 Å². The van der Waals surface area contributed by atoms with Gasteiger partial charge in [0.05, 0.1) is 0 Å². The summed E-state index contributed by atoms with van der Waals surface area (Å²) in [6, 6.07) is 19.8. The average molecular weight is 288 g/mol. The normalized spacial score (nSPS) is 21.8. The summed E-state index contributed by atoms with van der Waals surface area (Å²) in [5, 5.41) is 0. The third-order valence-electron chi connectivity index (χ3n) is 4.83. The van der Waals surface area contributed by atoms with Gasteiger partial charge in [-0.3, -0.25) is 0 Å². The molecule has 0 heteroatoms. The molecule has 1 unspecified atom stereocenters. The van der Waals surface area contributed by atoms with Crippen LogP contribution in [0.2, 0.25) is 0 Å². The molecule has 1 aliphatic rings. The van der Waals surface area contributed by atoms with Gasteiger partial charge in [0.2, 0.25) is 0 Å². The first kappa shape index (κ1) is 14.8. The molecule has 0 spiro atoms. The molecule has 3 rings (SSSR count). The van der Waals surface area contributed by atoms with E-state index in [1.54, 1.807) is 0 Å². The smallest absolute Gasteiger partial charge is 0.00374 e. The first-order valence-corrected chi connectivity index (χ1v) is 8.19. The lowest BCUT2D eigenvalue weighted by Gasteiger charge is -2.33. The quantitative estimate of drug-likeness (QED) is 0.626. The van der Waals surface area contributed by atoms with Crippen molar-refractivity contribution in [3.05, 3.63) is 83.4 Å². The van der Waals surface area contributed by atoms with E-state index in [-0.39, 0.29) is 5.41 Å². The minimum absolute atomic E-state index is 0.283. The Morgan fingerprint density at radius 3 is 2.50 bits per heavy atom. The van der Waals surface area contributed by atoms with Gasteiger partial charge in [-0.15, -0.1) is 0 Å². The van der Waals surface area contributed by atoms with E-state index in [1.807, 2.05) is 0 Å². The first-order valence-electron chi connectivity index (χ1n) is 8.19. The van der Waals surface area contributed by atoms with Crippen LogP contribution in [-0.4, -0.2) is 0 Å². The number of allylic oxidation sites excluding steroid dienone is 3. The standard InChI is InChI=1S/C22H24/c1-3-8-18-9-7-10-20(17-18)19-13-15-22(2,16-14-19)21-11-5-4-6-12-21/h3-13,17H,14-16H2,1-2H3/b8-3+. The van der Waals surface area contributed by atoms with Gasteiger partial charge >= 0.3 is 0 Å². The van der Waals surface area contributed by atoms with Crippen molar-refractivity contribution in [2.45, 2.75) is 38.5 Å². The van der Waals surface area contributed by atoms with Crippen molar-refractivity contribution in [1.82, 2.24) is 0 Å². The van der Waals surface area contributed by atoms with Crippen molar-refractivity contribution in [2.24, 2.45) is 0 Å². The molecule has 0 aliphatic heterocycles. The molecule has 0 N–H and O–H groups in total. The maximum Gasteiger partial charge on any atom is -0.00374 e. The van der Waals surface area contributed by atoms with Crippen LogP contribution in [0, 0.1) is 0 Å². The van der Waals surface area contributed by atoms with E-state index in [4.69, 9.17) is 0 Å². The third-order valence-corrected chi connectivity index (χ3v) is 4.83. The highest BCUT2D eigenvalue weighted by Gasteiger charge is 2.28. The maximum absolute atomic E-state index is 2.45. The Morgan fingerprint density at radius 1 is 1.00 bits per heavy atom. The van der Waals surface area contributed by atoms with E-state index in [0.717, 1.165) is 12.8 Å². The Bertz CT molecular complexity index is 691. The molecule has 0 aromatic heterocycles. The topological polar surface area (TPSA) is 0 Å². The highest BCUT2D eigenvalue weighted by Crippen LogP contribution is 2.40. The summed E-state index contributed by atoms with van der Waals surface area (Å²) in [5.41, 5.74) is 5.92. The fraction of sp³-hybridized carbons (Fsp3) is 0.273. The molecule has 0 radical (unpaired) electrons. The van der Waals surface area contributed by atoms with E-state index in [2.05, 4.69) is 86.7 Å². The first-order chi connectivity index (χ1) is 10.7. The number of rotatable bonds is 3. The minimum Gasteiger partial charge on any atom is -0.0871 e. The van der Waals surface area contributed by atoms with Gasteiger partial charge in [-0.2, -0.15) is 0 Å². The molecule has 0 heterocycles. The molecule has 22 heavy (non-hydrogen) atoms. The Hall–Kier alpha value is -2.08. The van der Waals surface area contributed by atoms with Crippen molar-refractivity contribution < 1.29 is 0 Å². The van der Waals surface area contributed by atoms with Gasteiger partial charge in [-0.1, -0.05) is 73.7 Å². The number of hydrogen-bond donors (Lipinski definition) is 0. The summed E-state index contributed by atoms with van der Waals surface area (Å²) in [7, 11) is 0. The minimum atomic E-state index is 0.283. The van der Waals surface area contributed by atoms with Crippen molar-refractivity contribution >= 4 is 11.6 Å². The van der Waals surface area contributed by atoms with Gasteiger partial charge in [0.15, 0.2) is 0 Å². The Labute approximate surface area is 134 Å². The van der Waals surface area contributed by atoms with Gasteiger partial charge in [0.1, 0.15) is 0 Å². The Morgan fingerprint density at radius 2 is 1.82 bits per heavy atom. The van der Waals surface area contributed by atoms with Gasteiger partial charge in [-0.25, -0.2) is 0 Å². The largest absolute Gasteiger partial charge is 0.0871 e. The van der Waals surface area contributed by atoms with Crippen molar-refractivity contribution in [3.8, 4) is 0 Å². The zero-order chi connectivity index (χ0) is 15.4. The van der Waals surface area contributed by atoms with Crippen LogP contribution in [0.4, 0.5) is 0 Å². The van der Waals surface area contributed by atoms with Gasteiger partial charge in [-0.05, 0) is 59.9 Å². The summed E-state index contributed by atoms with van der Waals surface area (Å²) >= 11 is 0.